The molecule has 1 N–H and O–H groups in total. The SMILES string of the molecule is COC(=O)c1ccc(C[C@H](NC(=O)OCc2ccccc2)C(=O)OC(C)(C)C)cc1. The lowest BCUT2D eigenvalue weighted by Crippen LogP contribution is -2.45. The van der Waals surface area contributed by atoms with Crippen LogP contribution in [-0.2, 0) is 32.0 Å². The van der Waals surface area contributed by atoms with Crippen LogP contribution in [0.1, 0.15) is 42.3 Å². The molecule has 0 aliphatic heterocycles. The Labute approximate surface area is 176 Å². The minimum absolute atomic E-state index is 0.0849. The van der Waals surface area contributed by atoms with E-state index in [-0.39, 0.29) is 13.0 Å². The van der Waals surface area contributed by atoms with Gasteiger partial charge in [-0.15, -0.1) is 0 Å². The number of esters is 2. The minimum atomic E-state index is -0.948. The Kier molecular flexibility index (Phi) is 7.98. The molecule has 0 saturated carbocycles. The van der Waals surface area contributed by atoms with E-state index >= 15 is 0 Å². The lowest BCUT2D eigenvalue weighted by atomic mass is 10.0. The van der Waals surface area contributed by atoms with Gasteiger partial charge in [-0.1, -0.05) is 42.5 Å². The van der Waals surface area contributed by atoms with Crippen LogP contribution in [0.3, 0.4) is 0 Å². The Morgan fingerprint density at radius 3 is 2.13 bits per heavy atom. The summed E-state index contributed by atoms with van der Waals surface area (Å²) in [5.74, 6) is -1.02. The zero-order valence-electron chi connectivity index (χ0n) is 17.6. The second-order valence-electron chi connectivity index (χ2n) is 7.68. The van der Waals surface area contributed by atoms with Crippen molar-refractivity contribution in [1.29, 1.82) is 0 Å². The number of hydrogen-bond acceptors (Lipinski definition) is 6. The smallest absolute Gasteiger partial charge is 0.408 e. The molecule has 30 heavy (non-hydrogen) atoms. The van der Waals surface area contributed by atoms with Gasteiger partial charge in [-0.05, 0) is 44.0 Å². The molecule has 1 atom stereocenters. The number of nitrogens with one attached hydrogen (secondary N) is 1. The molecule has 2 rings (SSSR count). The number of methoxy groups -OCH3 is 1. The third-order valence-corrected chi connectivity index (χ3v) is 4.01. The van der Waals surface area contributed by atoms with E-state index in [4.69, 9.17) is 9.47 Å². The van der Waals surface area contributed by atoms with Gasteiger partial charge in [-0.3, -0.25) is 0 Å². The second-order valence-corrected chi connectivity index (χ2v) is 7.68. The molecule has 0 saturated heterocycles. The predicted octanol–water partition coefficient (Wildman–Crippen LogP) is 3.65. The molecule has 0 spiro atoms. The molecule has 2 aromatic rings. The highest BCUT2D eigenvalue weighted by Crippen LogP contribution is 2.13. The molecule has 0 aromatic heterocycles. The lowest BCUT2D eigenvalue weighted by molar-refractivity contribution is -0.157. The molecule has 0 bridgehead atoms. The predicted molar refractivity (Wildman–Crippen MR) is 111 cm³/mol. The molecule has 0 aliphatic rings. The van der Waals surface area contributed by atoms with Crippen LogP contribution in [0.4, 0.5) is 4.79 Å². The summed E-state index contributed by atoms with van der Waals surface area (Å²) in [6, 6.07) is 14.9. The molecule has 1 amide bonds. The molecular weight excluding hydrogens is 386 g/mol. The Morgan fingerprint density at radius 2 is 1.57 bits per heavy atom. The number of rotatable bonds is 7. The first kappa shape index (κ1) is 22.9. The van der Waals surface area contributed by atoms with Gasteiger partial charge in [0.15, 0.2) is 0 Å². The van der Waals surface area contributed by atoms with Gasteiger partial charge in [0.05, 0.1) is 12.7 Å². The topological polar surface area (TPSA) is 90.9 Å². The van der Waals surface area contributed by atoms with Gasteiger partial charge in [0.2, 0.25) is 0 Å². The van der Waals surface area contributed by atoms with Crippen LogP contribution in [0, 0.1) is 0 Å². The van der Waals surface area contributed by atoms with Gasteiger partial charge in [0, 0.05) is 6.42 Å². The van der Waals surface area contributed by atoms with E-state index in [9.17, 15) is 14.4 Å². The first-order valence-electron chi connectivity index (χ1n) is 9.55. The van der Waals surface area contributed by atoms with E-state index in [2.05, 4.69) is 10.1 Å². The standard InChI is InChI=1S/C23H27NO6/c1-23(2,3)30-21(26)19(14-16-10-12-18(13-11-16)20(25)28-4)24-22(27)29-15-17-8-6-5-7-9-17/h5-13,19H,14-15H2,1-4H3,(H,24,27)/t19-/m0/s1. The van der Waals surface area contributed by atoms with Crippen molar-refractivity contribution in [2.45, 2.75) is 45.4 Å². The summed E-state index contributed by atoms with van der Waals surface area (Å²) in [5, 5.41) is 2.58. The number of amides is 1. The average molecular weight is 413 g/mol. The summed E-state index contributed by atoms with van der Waals surface area (Å²) < 4.78 is 15.3. The van der Waals surface area contributed by atoms with Crippen molar-refractivity contribution < 1.29 is 28.6 Å². The molecule has 0 unspecified atom stereocenters. The maximum atomic E-state index is 12.6. The van der Waals surface area contributed by atoms with Crippen LogP contribution in [0.25, 0.3) is 0 Å². The Bertz CT molecular complexity index is 856. The minimum Gasteiger partial charge on any atom is -0.465 e. The van der Waals surface area contributed by atoms with Crippen LogP contribution >= 0.6 is 0 Å². The largest absolute Gasteiger partial charge is 0.465 e. The zero-order chi connectivity index (χ0) is 22.1. The number of hydrogen-bond donors (Lipinski definition) is 1. The summed E-state index contributed by atoms with van der Waals surface area (Å²) in [5.41, 5.74) is 1.26. The van der Waals surface area contributed by atoms with Gasteiger partial charge in [-0.25, -0.2) is 14.4 Å². The quantitative estimate of drug-likeness (QED) is 0.550. The van der Waals surface area contributed by atoms with Crippen molar-refractivity contribution in [3.8, 4) is 0 Å². The highest BCUT2D eigenvalue weighted by atomic mass is 16.6. The zero-order valence-corrected chi connectivity index (χ0v) is 17.6. The number of alkyl carbamates (subject to hydrolysis) is 1. The molecule has 0 fully saturated rings. The van der Waals surface area contributed by atoms with Gasteiger partial charge < -0.3 is 19.5 Å². The van der Waals surface area contributed by atoms with Crippen molar-refractivity contribution in [2.24, 2.45) is 0 Å². The molecule has 7 heteroatoms. The van der Waals surface area contributed by atoms with Crippen molar-refractivity contribution >= 4 is 18.0 Å². The fourth-order valence-corrected chi connectivity index (χ4v) is 2.60. The van der Waals surface area contributed by atoms with Gasteiger partial charge >= 0.3 is 18.0 Å². The summed E-state index contributed by atoms with van der Waals surface area (Å²) in [7, 11) is 1.31. The highest BCUT2D eigenvalue weighted by Gasteiger charge is 2.27. The second kappa shape index (κ2) is 10.4. The van der Waals surface area contributed by atoms with E-state index in [0.29, 0.717) is 5.56 Å². The van der Waals surface area contributed by atoms with E-state index in [1.807, 2.05) is 30.3 Å². The maximum absolute atomic E-state index is 12.6. The van der Waals surface area contributed by atoms with Gasteiger partial charge in [-0.2, -0.15) is 0 Å². The molecule has 7 nitrogen and oxygen atoms in total. The number of carbonyl (C=O) groups excluding carboxylic acids is 3. The van der Waals surface area contributed by atoms with Gasteiger partial charge in [0.25, 0.3) is 0 Å². The summed E-state index contributed by atoms with van der Waals surface area (Å²) in [6.07, 6.45) is -0.544. The molecular formula is C23H27NO6. The molecule has 0 radical (unpaired) electrons. The molecule has 160 valence electrons. The normalized spacial score (nSPS) is 11.9. The molecule has 0 aliphatic carbocycles. The van der Waals surface area contributed by atoms with Crippen molar-refractivity contribution in [1.82, 2.24) is 5.32 Å². The first-order valence-corrected chi connectivity index (χ1v) is 9.55. The molecule has 2 aromatic carbocycles. The van der Waals surface area contributed by atoms with E-state index in [1.165, 1.54) is 7.11 Å². The Hall–Kier alpha value is -3.35. The van der Waals surface area contributed by atoms with Crippen molar-refractivity contribution in [3.63, 3.8) is 0 Å². The lowest BCUT2D eigenvalue weighted by Gasteiger charge is -2.24. The number of carbonyl (C=O) groups is 3. The van der Waals surface area contributed by atoms with Crippen LogP contribution in [0.15, 0.2) is 54.6 Å². The van der Waals surface area contributed by atoms with Crippen LogP contribution < -0.4 is 5.32 Å². The van der Waals surface area contributed by atoms with Crippen LogP contribution in [0.2, 0.25) is 0 Å². The van der Waals surface area contributed by atoms with Gasteiger partial charge in [0.1, 0.15) is 18.2 Å². The van der Waals surface area contributed by atoms with Crippen LogP contribution in [0.5, 0.6) is 0 Å². The summed E-state index contributed by atoms with van der Waals surface area (Å²) in [6.45, 7) is 5.34. The maximum Gasteiger partial charge on any atom is 0.408 e. The van der Waals surface area contributed by atoms with E-state index in [1.54, 1.807) is 45.0 Å². The van der Waals surface area contributed by atoms with E-state index < -0.39 is 29.7 Å². The number of ether oxygens (including phenoxy) is 3. The van der Waals surface area contributed by atoms with Crippen LogP contribution in [-0.4, -0.2) is 36.8 Å². The van der Waals surface area contributed by atoms with Crippen molar-refractivity contribution in [3.05, 3.63) is 71.3 Å². The first-order chi connectivity index (χ1) is 14.2. The Balaban J connectivity index is 2.06. The fourth-order valence-electron chi connectivity index (χ4n) is 2.60. The number of benzene rings is 2. The third-order valence-electron chi connectivity index (χ3n) is 4.01. The summed E-state index contributed by atoms with van der Waals surface area (Å²) in [4.78, 5) is 36.5. The Morgan fingerprint density at radius 1 is 0.933 bits per heavy atom. The molecule has 0 heterocycles. The van der Waals surface area contributed by atoms with Crippen molar-refractivity contribution in [2.75, 3.05) is 7.11 Å². The highest BCUT2D eigenvalue weighted by molar-refractivity contribution is 5.89. The fraction of sp³-hybridized carbons (Fsp3) is 0.348. The van der Waals surface area contributed by atoms with E-state index in [0.717, 1.165) is 11.1 Å². The summed E-state index contributed by atoms with van der Waals surface area (Å²) >= 11 is 0. The third kappa shape index (κ3) is 7.58. The average Bonchev–Trinajstić information content (AvgIpc) is 2.71. The monoisotopic (exact) mass is 413 g/mol.